The molecule has 0 aromatic heterocycles. The summed E-state index contributed by atoms with van der Waals surface area (Å²) >= 11 is 6.31. The normalized spacial score (nSPS) is 16.7. The topological polar surface area (TPSA) is 75.5 Å². The molecule has 1 aliphatic heterocycles. The number of benzene rings is 2. The highest BCUT2D eigenvalue weighted by atomic mass is 35.5. The number of piperazine rings is 1. The lowest BCUT2D eigenvalue weighted by Gasteiger charge is -2.37. The van der Waals surface area contributed by atoms with Crippen LogP contribution in [-0.2, 0) is 11.2 Å². The number of hydrogen-bond donors (Lipinski definition) is 1. The van der Waals surface area contributed by atoms with Gasteiger partial charge in [0.05, 0.1) is 17.4 Å². The molecule has 1 saturated heterocycles. The maximum atomic E-state index is 12.8. The number of hydrogen-bond acceptors (Lipinski definition) is 4. The fourth-order valence-corrected chi connectivity index (χ4v) is 3.30. The molecule has 2 aromatic carbocycles. The van der Waals surface area contributed by atoms with E-state index < -0.39 is 4.92 Å². The van der Waals surface area contributed by atoms with Gasteiger partial charge in [0, 0.05) is 36.8 Å². The van der Waals surface area contributed by atoms with Gasteiger partial charge < -0.3 is 10.2 Å². The molecule has 0 spiro atoms. The SMILES string of the molecule is Cl.O=C(Cc1ccc([N+](=O)[O-])cc1)N1CCNCC1c1ccccc1Cl. The maximum Gasteiger partial charge on any atom is 0.269 e. The van der Waals surface area contributed by atoms with Gasteiger partial charge in [0.15, 0.2) is 0 Å². The summed E-state index contributed by atoms with van der Waals surface area (Å²) in [5, 5.41) is 14.7. The van der Waals surface area contributed by atoms with Crippen LogP contribution in [0.4, 0.5) is 5.69 Å². The van der Waals surface area contributed by atoms with E-state index in [1.165, 1.54) is 12.1 Å². The zero-order chi connectivity index (χ0) is 17.8. The Kier molecular flexibility index (Phi) is 6.97. The van der Waals surface area contributed by atoms with E-state index in [1.54, 1.807) is 12.1 Å². The number of nitro benzene ring substituents is 1. The number of nitrogens with zero attached hydrogens (tertiary/aromatic N) is 2. The minimum Gasteiger partial charge on any atom is -0.333 e. The third kappa shape index (κ3) is 4.52. The number of carbonyl (C=O) groups is 1. The van der Waals surface area contributed by atoms with Crippen molar-refractivity contribution < 1.29 is 9.72 Å². The Morgan fingerprint density at radius 3 is 2.58 bits per heavy atom. The average molecular weight is 396 g/mol. The average Bonchev–Trinajstić information content (AvgIpc) is 2.62. The molecule has 1 fully saturated rings. The van der Waals surface area contributed by atoms with Crippen LogP contribution < -0.4 is 5.32 Å². The molecule has 1 atom stereocenters. The van der Waals surface area contributed by atoms with Crippen LogP contribution in [0.5, 0.6) is 0 Å². The first-order chi connectivity index (χ1) is 12.1. The first kappa shape index (κ1) is 20.2. The van der Waals surface area contributed by atoms with E-state index in [0.29, 0.717) is 18.1 Å². The summed E-state index contributed by atoms with van der Waals surface area (Å²) in [7, 11) is 0. The zero-order valence-corrected chi connectivity index (χ0v) is 15.5. The molecular weight excluding hydrogens is 377 g/mol. The molecule has 0 radical (unpaired) electrons. The van der Waals surface area contributed by atoms with Crippen molar-refractivity contribution >= 4 is 35.6 Å². The summed E-state index contributed by atoms with van der Waals surface area (Å²) in [5.74, 6) is -0.0136. The Bertz CT molecular complexity index is 784. The molecule has 1 heterocycles. The standard InChI is InChI=1S/C18H18ClN3O3.ClH/c19-16-4-2-1-3-15(16)17-12-20-9-10-21(17)18(23)11-13-5-7-14(8-6-13)22(24)25;/h1-8,17,20H,9-12H2;1H. The molecule has 0 aliphatic carbocycles. The molecule has 26 heavy (non-hydrogen) atoms. The summed E-state index contributed by atoms with van der Waals surface area (Å²) in [6.45, 7) is 1.98. The van der Waals surface area contributed by atoms with Crippen molar-refractivity contribution in [2.24, 2.45) is 0 Å². The number of non-ortho nitro benzene ring substituents is 1. The Hall–Kier alpha value is -2.15. The van der Waals surface area contributed by atoms with Gasteiger partial charge in [-0.2, -0.15) is 0 Å². The van der Waals surface area contributed by atoms with Gasteiger partial charge in [-0.15, -0.1) is 12.4 Å². The van der Waals surface area contributed by atoms with E-state index >= 15 is 0 Å². The lowest BCUT2D eigenvalue weighted by molar-refractivity contribution is -0.384. The van der Waals surface area contributed by atoms with Gasteiger partial charge in [-0.05, 0) is 17.2 Å². The van der Waals surface area contributed by atoms with Crippen molar-refractivity contribution in [1.82, 2.24) is 10.2 Å². The summed E-state index contributed by atoms with van der Waals surface area (Å²) in [4.78, 5) is 24.9. The van der Waals surface area contributed by atoms with Gasteiger partial charge in [-0.1, -0.05) is 41.9 Å². The molecule has 1 unspecified atom stereocenters. The number of carbonyl (C=O) groups excluding carboxylic acids is 1. The minimum absolute atomic E-state index is 0. The Morgan fingerprint density at radius 1 is 1.23 bits per heavy atom. The van der Waals surface area contributed by atoms with Crippen LogP contribution in [0.25, 0.3) is 0 Å². The number of nitrogens with one attached hydrogen (secondary N) is 1. The predicted molar refractivity (Wildman–Crippen MR) is 103 cm³/mol. The summed E-state index contributed by atoms with van der Waals surface area (Å²) in [5.41, 5.74) is 1.70. The van der Waals surface area contributed by atoms with Crippen LogP contribution in [0.3, 0.4) is 0 Å². The van der Waals surface area contributed by atoms with Gasteiger partial charge in [-0.3, -0.25) is 14.9 Å². The molecule has 1 N–H and O–H groups in total. The van der Waals surface area contributed by atoms with Crippen molar-refractivity contribution in [3.8, 4) is 0 Å². The predicted octanol–water partition coefficient (Wildman–Crippen LogP) is 3.39. The monoisotopic (exact) mass is 395 g/mol. The molecule has 0 bridgehead atoms. The van der Waals surface area contributed by atoms with Gasteiger partial charge in [-0.25, -0.2) is 0 Å². The molecular formula is C18H19Cl2N3O3. The molecule has 1 amide bonds. The molecule has 6 nitrogen and oxygen atoms in total. The molecule has 1 aliphatic rings. The van der Waals surface area contributed by atoms with Gasteiger partial charge >= 0.3 is 0 Å². The van der Waals surface area contributed by atoms with Crippen LogP contribution in [0.2, 0.25) is 5.02 Å². The second-order valence-corrected chi connectivity index (χ2v) is 6.34. The van der Waals surface area contributed by atoms with Crippen LogP contribution in [0, 0.1) is 10.1 Å². The van der Waals surface area contributed by atoms with E-state index in [0.717, 1.165) is 17.7 Å². The fraction of sp³-hybridized carbons (Fsp3) is 0.278. The lowest BCUT2D eigenvalue weighted by Crippen LogP contribution is -2.49. The number of rotatable bonds is 4. The summed E-state index contributed by atoms with van der Waals surface area (Å²) < 4.78 is 0. The van der Waals surface area contributed by atoms with E-state index in [4.69, 9.17) is 11.6 Å². The highest BCUT2D eigenvalue weighted by Gasteiger charge is 2.29. The summed E-state index contributed by atoms with van der Waals surface area (Å²) in [6.07, 6.45) is 0.207. The smallest absolute Gasteiger partial charge is 0.269 e. The van der Waals surface area contributed by atoms with E-state index in [-0.39, 0.29) is 36.5 Å². The van der Waals surface area contributed by atoms with Crippen LogP contribution in [0.15, 0.2) is 48.5 Å². The van der Waals surface area contributed by atoms with E-state index in [9.17, 15) is 14.9 Å². The van der Waals surface area contributed by atoms with Gasteiger partial charge in [0.1, 0.15) is 0 Å². The highest BCUT2D eigenvalue weighted by molar-refractivity contribution is 6.31. The van der Waals surface area contributed by atoms with Crippen molar-refractivity contribution in [2.45, 2.75) is 12.5 Å². The highest BCUT2D eigenvalue weighted by Crippen LogP contribution is 2.29. The lowest BCUT2D eigenvalue weighted by atomic mass is 10.0. The molecule has 0 saturated carbocycles. The second kappa shape index (κ2) is 8.98. The third-order valence-corrected chi connectivity index (χ3v) is 4.67. The van der Waals surface area contributed by atoms with Crippen molar-refractivity contribution in [2.75, 3.05) is 19.6 Å². The zero-order valence-electron chi connectivity index (χ0n) is 13.9. The molecule has 3 rings (SSSR count). The Labute approximate surface area is 162 Å². The number of amides is 1. The minimum atomic E-state index is -0.449. The summed E-state index contributed by atoms with van der Waals surface area (Å²) in [6, 6.07) is 13.5. The fourth-order valence-electron chi connectivity index (χ4n) is 3.04. The van der Waals surface area contributed by atoms with Crippen LogP contribution >= 0.6 is 24.0 Å². The Balaban J connectivity index is 0.00000243. The third-order valence-electron chi connectivity index (χ3n) is 4.33. The van der Waals surface area contributed by atoms with E-state index in [2.05, 4.69) is 5.32 Å². The second-order valence-electron chi connectivity index (χ2n) is 5.93. The van der Waals surface area contributed by atoms with Crippen LogP contribution in [-0.4, -0.2) is 35.4 Å². The first-order valence-corrected chi connectivity index (χ1v) is 8.42. The maximum absolute atomic E-state index is 12.8. The Morgan fingerprint density at radius 2 is 1.92 bits per heavy atom. The largest absolute Gasteiger partial charge is 0.333 e. The molecule has 2 aromatic rings. The van der Waals surface area contributed by atoms with Gasteiger partial charge in [0.2, 0.25) is 5.91 Å². The van der Waals surface area contributed by atoms with E-state index in [1.807, 2.05) is 29.2 Å². The number of halogens is 2. The molecule has 138 valence electrons. The molecule has 8 heteroatoms. The van der Waals surface area contributed by atoms with Crippen molar-refractivity contribution in [3.63, 3.8) is 0 Å². The van der Waals surface area contributed by atoms with Gasteiger partial charge in [0.25, 0.3) is 5.69 Å². The van der Waals surface area contributed by atoms with Crippen molar-refractivity contribution in [1.29, 1.82) is 0 Å². The number of nitro groups is 1. The van der Waals surface area contributed by atoms with Crippen molar-refractivity contribution in [3.05, 3.63) is 74.8 Å². The van der Waals surface area contributed by atoms with Crippen LogP contribution in [0.1, 0.15) is 17.2 Å². The first-order valence-electron chi connectivity index (χ1n) is 8.04. The quantitative estimate of drug-likeness (QED) is 0.635.